The van der Waals surface area contributed by atoms with Gasteiger partial charge in [-0.15, -0.1) is 0 Å². The van der Waals surface area contributed by atoms with Crippen molar-refractivity contribution in [3.63, 3.8) is 0 Å². The summed E-state index contributed by atoms with van der Waals surface area (Å²) in [5, 5.41) is 10.4. The molecule has 1 amide bonds. The van der Waals surface area contributed by atoms with Gasteiger partial charge in [0.2, 0.25) is 0 Å². The largest absolute Gasteiger partial charge is 0.506 e. The van der Waals surface area contributed by atoms with Crippen molar-refractivity contribution in [1.82, 2.24) is 4.90 Å². The van der Waals surface area contributed by atoms with Gasteiger partial charge in [-0.3, -0.25) is 9.59 Å². The Bertz CT molecular complexity index is 670. The Balaban J connectivity index is 2.42. The second kappa shape index (κ2) is 5.52. The van der Waals surface area contributed by atoms with Gasteiger partial charge in [-0.2, -0.15) is 0 Å². The van der Waals surface area contributed by atoms with Gasteiger partial charge in [0, 0.05) is 11.1 Å². The molecule has 1 aromatic rings. The molecule has 1 saturated heterocycles. The molecule has 0 atom stereocenters. The number of Topliss-reactive ketones (excluding diaryl/α,β-unsaturated/α-hetero) is 1. The molecule has 124 valence electrons. The molecule has 0 bridgehead atoms. The fraction of sp³-hybridized carbons (Fsp3) is 0.474. The lowest BCUT2D eigenvalue weighted by atomic mass is 9.86. The van der Waals surface area contributed by atoms with Crippen LogP contribution in [0.4, 0.5) is 0 Å². The van der Waals surface area contributed by atoms with E-state index in [-0.39, 0.29) is 29.1 Å². The summed E-state index contributed by atoms with van der Waals surface area (Å²) in [5.41, 5.74) is 1.06. The number of carbonyl (C=O) groups excluding carboxylic acids is 2. The van der Waals surface area contributed by atoms with Crippen LogP contribution in [0.1, 0.15) is 52.7 Å². The Hall–Kier alpha value is -2.10. The van der Waals surface area contributed by atoms with Gasteiger partial charge in [-0.1, -0.05) is 45.0 Å². The van der Waals surface area contributed by atoms with Crippen molar-refractivity contribution in [1.29, 1.82) is 0 Å². The third-order valence-electron chi connectivity index (χ3n) is 4.11. The van der Waals surface area contributed by atoms with E-state index in [1.54, 1.807) is 12.1 Å². The first kappa shape index (κ1) is 17.3. The van der Waals surface area contributed by atoms with Crippen molar-refractivity contribution in [2.45, 2.75) is 52.5 Å². The van der Waals surface area contributed by atoms with Crippen LogP contribution in [-0.2, 0) is 15.0 Å². The van der Waals surface area contributed by atoms with Crippen LogP contribution in [0.2, 0.25) is 0 Å². The van der Waals surface area contributed by atoms with Crippen LogP contribution in [-0.4, -0.2) is 33.8 Å². The molecule has 0 unspecified atom stereocenters. The number of nitrogens with zero attached hydrogens (tertiary/aromatic N) is 1. The van der Waals surface area contributed by atoms with E-state index in [0.29, 0.717) is 5.56 Å². The van der Waals surface area contributed by atoms with Crippen LogP contribution in [0.25, 0.3) is 5.76 Å². The third kappa shape index (κ3) is 3.31. The van der Waals surface area contributed by atoms with Crippen molar-refractivity contribution in [2.75, 3.05) is 6.54 Å². The Morgan fingerprint density at radius 2 is 1.52 bits per heavy atom. The molecule has 1 aliphatic heterocycles. The molecule has 4 heteroatoms. The Morgan fingerprint density at radius 3 is 1.91 bits per heavy atom. The number of aliphatic hydroxyl groups excluding tert-OH is 1. The van der Waals surface area contributed by atoms with Crippen LogP contribution in [0.3, 0.4) is 0 Å². The molecule has 0 radical (unpaired) electrons. The van der Waals surface area contributed by atoms with Crippen molar-refractivity contribution < 1.29 is 14.7 Å². The van der Waals surface area contributed by atoms with E-state index in [0.717, 1.165) is 5.56 Å². The van der Waals surface area contributed by atoms with Gasteiger partial charge in [-0.25, -0.2) is 0 Å². The number of ketones is 1. The standard InChI is InChI=1S/C19H25NO3/c1-18(2,3)13-9-7-12(8-10-13)16(22)15-14(21)11-20(17(15)23)19(4,5)6/h7-10,22H,11H2,1-6H3/b16-15+. The molecule has 0 aliphatic carbocycles. The van der Waals surface area contributed by atoms with Gasteiger partial charge in [0.1, 0.15) is 11.3 Å². The van der Waals surface area contributed by atoms with Crippen molar-refractivity contribution >= 4 is 17.4 Å². The minimum atomic E-state index is -0.454. The van der Waals surface area contributed by atoms with Gasteiger partial charge in [0.15, 0.2) is 5.78 Å². The first-order valence-electron chi connectivity index (χ1n) is 7.82. The molecule has 23 heavy (non-hydrogen) atoms. The second-order valence-corrected chi connectivity index (χ2v) is 8.04. The average molecular weight is 315 g/mol. The molecule has 0 saturated carbocycles. The van der Waals surface area contributed by atoms with Gasteiger partial charge >= 0.3 is 0 Å². The minimum absolute atomic E-state index is 0.00330. The van der Waals surface area contributed by atoms with Crippen molar-refractivity contribution in [3.8, 4) is 0 Å². The van der Waals surface area contributed by atoms with E-state index >= 15 is 0 Å². The summed E-state index contributed by atoms with van der Waals surface area (Å²) in [4.78, 5) is 26.2. The summed E-state index contributed by atoms with van der Waals surface area (Å²) >= 11 is 0. The normalized spacial score (nSPS) is 18.6. The smallest absolute Gasteiger partial charge is 0.262 e. The highest BCUT2D eigenvalue weighted by atomic mass is 16.3. The van der Waals surface area contributed by atoms with E-state index < -0.39 is 11.4 Å². The number of rotatable bonds is 1. The molecule has 4 nitrogen and oxygen atoms in total. The van der Waals surface area contributed by atoms with Crippen molar-refractivity contribution in [3.05, 3.63) is 41.0 Å². The number of likely N-dealkylation sites (tertiary alicyclic amines) is 1. The predicted octanol–water partition coefficient (Wildman–Crippen LogP) is 3.46. The molecule has 1 N–H and O–H groups in total. The van der Waals surface area contributed by atoms with Crippen LogP contribution in [0.15, 0.2) is 29.8 Å². The van der Waals surface area contributed by atoms with E-state index in [1.165, 1.54) is 4.90 Å². The number of benzene rings is 1. The summed E-state index contributed by atoms with van der Waals surface area (Å²) in [6.45, 7) is 11.9. The number of amides is 1. The van der Waals surface area contributed by atoms with Crippen molar-refractivity contribution in [2.24, 2.45) is 0 Å². The molecular weight excluding hydrogens is 290 g/mol. The first-order chi connectivity index (χ1) is 10.4. The second-order valence-electron chi connectivity index (χ2n) is 8.04. The summed E-state index contributed by atoms with van der Waals surface area (Å²) in [7, 11) is 0. The lowest BCUT2D eigenvalue weighted by Gasteiger charge is -2.30. The third-order valence-corrected chi connectivity index (χ3v) is 4.11. The average Bonchev–Trinajstić information content (AvgIpc) is 2.72. The zero-order valence-electron chi connectivity index (χ0n) is 14.7. The lowest BCUT2D eigenvalue weighted by Crippen LogP contribution is -2.42. The van der Waals surface area contributed by atoms with Gasteiger partial charge in [0.25, 0.3) is 5.91 Å². The van der Waals surface area contributed by atoms with E-state index in [9.17, 15) is 14.7 Å². The van der Waals surface area contributed by atoms with Crippen LogP contribution in [0.5, 0.6) is 0 Å². The minimum Gasteiger partial charge on any atom is -0.506 e. The molecule has 1 fully saturated rings. The quantitative estimate of drug-likeness (QED) is 0.490. The lowest BCUT2D eigenvalue weighted by molar-refractivity contribution is -0.129. The van der Waals surface area contributed by atoms with Gasteiger partial charge in [-0.05, 0) is 31.7 Å². The number of aliphatic hydroxyl groups is 1. The highest BCUT2D eigenvalue weighted by molar-refractivity contribution is 6.28. The predicted molar refractivity (Wildman–Crippen MR) is 91.2 cm³/mol. The van der Waals surface area contributed by atoms with Crippen LogP contribution >= 0.6 is 0 Å². The highest BCUT2D eigenvalue weighted by Crippen LogP contribution is 2.29. The topological polar surface area (TPSA) is 57.6 Å². The maximum Gasteiger partial charge on any atom is 0.262 e. The summed E-state index contributed by atoms with van der Waals surface area (Å²) in [6, 6.07) is 7.33. The summed E-state index contributed by atoms with van der Waals surface area (Å²) < 4.78 is 0. The van der Waals surface area contributed by atoms with E-state index in [1.807, 2.05) is 32.9 Å². The zero-order chi connectivity index (χ0) is 17.6. The monoisotopic (exact) mass is 315 g/mol. The molecule has 1 aliphatic rings. The number of carbonyl (C=O) groups is 2. The first-order valence-corrected chi connectivity index (χ1v) is 7.82. The molecular formula is C19H25NO3. The number of hydrogen-bond donors (Lipinski definition) is 1. The Kier molecular flexibility index (Phi) is 4.14. The fourth-order valence-corrected chi connectivity index (χ4v) is 2.60. The Morgan fingerprint density at radius 1 is 1.00 bits per heavy atom. The molecule has 0 aromatic heterocycles. The molecule has 2 rings (SSSR count). The van der Waals surface area contributed by atoms with E-state index in [2.05, 4.69) is 20.8 Å². The Labute approximate surface area is 137 Å². The molecule has 1 aromatic carbocycles. The maximum atomic E-state index is 12.5. The van der Waals surface area contributed by atoms with Crippen LogP contribution in [0, 0.1) is 0 Å². The van der Waals surface area contributed by atoms with Crippen LogP contribution < -0.4 is 0 Å². The number of hydrogen-bond acceptors (Lipinski definition) is 3. The fourth-order valence-electron chi connectivity index (χ4n) is 2.60. The zero-order valence-corrected chi connectivity index (χ0v) is 14.7. The molecule has 1 heterocycles. The highest BCUT2D eigenvalue weighted by Gasteiger charge is 2.41. The summed E-state index contributed by atoms with van der Waals surface area (Å²) in [6.07, 6.45) is 0. The van der Waals surface area contributed by atoms with Gasteiger partial charge in [0.05, 0.1) is 6.54 Å². The molecule has 0 spiro atoms. The van der Waals surface area contributed by atoms with Gasteiger partial charge < -0.3 is 10.0 Å². The SMILES string of the molecule is CC(C)(C)c1ccc(/C(O)=C2/C(=O)CN(C(C)(C)C)C2=O)cc1. The van der Waals surface area contributed by atoms with E-state index in [4.69, 9.17) is 0 Å². The maximum absolute atomic E-state index is 12.5. The summed E-state index contributed by atoms with van der Waals surface area (Å²) in [5.74, 6) is -0.963.